The largest absolute Gasteiger partial charge is 0.480 e. The van der Waals surface area contributed by atoms with Crippen molar-refractivity contribution < 1.29 is 14.7 Å². The number of aliphatic carboxylic acids is 1. The standard InChI is InChI=1S/C21H31Cl2N5O3/c1-13(2)10-15(24)20(29)26-17(21(30)31)12-19-25-16-11-14(4-5-18(16)27(19)3)28(8-6-22)9-7-23/h4-5,11,13,15,17H,6-10,12,24H2,1-3H3,(H,26,29)(H,30,31)/t15-,17-/m0/s1. The number of aromatic nitrogens is 2. The third-order valence-corrected chi connectivity index (χ3v) is 5.43. The summed E-state index contributed by atoms with van der Waals surface area (Å²) in [6, 6.07) is 3.97. The minimum absolute atomic E-state index is 0.0447. The summed E-state index contributed by atoms with van der Waals surface area (Å²) in [5.74, 6) is 0.129. The van der Waals surface area contributed by atoms with Crippen LogP contribution in [0.1, 0.15) is 26.1 Å². The number of carboxylic acids is 1. The van der Waals surface area contributed by atoms with Gasteiger partial charge in [0, 0.05) is 44.0 Å². The Kier molecular flexibility index (Phi) is 9.40. The van der Waals surface area contributed by atoms with Gasteiger partial charge in [0.1, 0.15) is 11.9 Å². The maximum Gasteiger partial charge on any atom is 0.326 e. The fraction of sp³-hybridized carbons (Fsp3) is 0.571. The molecule has 0 fully saturated rings. The Labute approximate surface area is 192 Å². The molecule has 31 heavy (non-hydrogen) atoms. The molecular formula is C21H31Cl2N5O3. The van der Waals surface area contributed by atoms with Gasteiger partial charge in [-0.1, -0.05) is 13.8 Å². The second kappa shape index (κ2) is 11.5. The van der Waals surface area contributed by atoms with Crippen molar-refractivity contribution in [2.75, 3.05) is 29.7 Å². The molecule has 0 bridgehead atoms. The molecule has 1 aromatic carbocycles. The number of carbonyl (C=O) groups excluding carboxylic acids is 1. The third kappa shape index (κ3) is 6.72. The molecule has 1 aromatic heterocycles. The smallest absolute Gasteiger partial charge is 0.326 e. The zero-order chi connectivity index (χ0) is 23.1. The van der Waals surface area contributed by atoms with E-state index in [1.165, 1.54) is 0 Å². The normalized spacial score (nSPS) is 13.4. The van der Waals surface area contributed by atoms with Crippen molar-refractivity contribution >= 4 is 51.8 Å². The van der Waals surface area contributed by atoms with Crippen molar-refractivity contribution in [3.63, 3.8) is 0 Å². The van der Waals surface area contributed by atoms with E-state index in [2.05, 4.69) is 15.2 Å². The Morgan fingerprint density at radius 2 is 1.90 bits per heavy atom. The number of carboxylic acid groups (broad SMARTS) is 1. The molecule has 2 atom stereocenters. The van der Waals surface area contributed by atoms with Crippen molar-refractivity contribution in [2.45, 2.75) is 38.8 Å². The van der Waals surface area contributed by atoms with Crippen LogP contribution in [0.25, 0.3) is 11.0 Å². The first-order chi connectivity index (χ1) is 14.7. The molecule has 1 amide bonds. The van der Waals surface area contributed by atoms with E-state index in [0.717, 1.165) is 16.7 Å². The van der Waals surface area contributed by atoms with Crippen LogP contribution in [0.15, 0.2) is 18.2 Å². The zero-order valence-corrected chi connectivity index (χ0v) is 19.7. The molecule has 0 saturated carbocycles. The van der Waals surface area contributed by atoms with E-state index >= 15 is 0 Å². The topological polar surface area (TPSA) is 113 Å². The number of hydrogen-bond donors (Lipinski definition) is 3. The van der Waals surface area contributed by atoms with Crippen molar-refractivity contribution in [1.82, 2.24) is 14.9 Å². The number of nitrogens with two attached hydrogens (primary N) is 1. The van der Waals surface area contributed by atoms with Crippen molar-refractivity contribution in [2.24, 2.45) is 18.7 Å². The molecule has 0 unspecified atom stereocenters. The molecule has 8 nitrogen and oxygen atoms in total. The van der Waals surface area contributed by atoms with E-state index in [1.54, 1.807) is 0 Å². The van der Waals surface area contributed by atoms with Crippen LogP contribution in [0, 0.1) is 5.92 Å². The Morgan fingerprint density at radius 1 is 1.26 bits per heavy atom. The van der Waals surface area contributed by atoms with E-state index in [0.29, 0.717) is 37.1 Å². The van der Waals surface area contributed by atoms with Crippen LogP contribution >= 0.6 is 23.2 Å². The van der Waals surface area contributed by atoms with Crippen molar-refractivity contribution in [3.05, 3.63) is 24.0 Å². The SMILES string of the molecule is CC(C)C[C@H](N)C(=O)N[C@@H](Cc1nc2cc(N(CCCl)CCCl)ccc2n1C)C(=O)O. The lowest BCUT2D eigenvalue weighted by molar-refractivity contribution is -0.142. The summed E-state index contributed by atoms with van der Waals surface area (Å²) in [6.07, 6.45) is 0.525. The van der Waals surface area contributed by atoms with Crippen LogP contribution in [-0.2, 0) is 23.1 Å². The number of amides is 1. The molecule has 2 aromatic rings. The number of carbonyl (C=O) groups is 2. The van der Waals surface area contributed by atoms with Gasteiger partial charge in [-0.05, 0) is 30.5 Å². The van der Waals surface area contributed by atoms with E-state index in [4.69, 9.17) is 28.9 Å². The maximum absolute atomic E-state index is 12.3. The summed E-state index contributed by atoms with van der Waals surface area (Å²) in [7, 11) is 1.82. The second-order valence-corrected chi connectivity index (χ2v) is 8.72. The number of benzene rings is 1. The lowest BCUT2D eigenvalue weighted by Gasteiger charge is -2.22. The molecule has 0 saturated heterocycles. The number of rotatable bonds is 12. The van der Waals surface area contributed by atoms with Gasteiger partial charge in [-0.25, -0.2) is 9.78 Å². The first kappa shape index (κ1) is 25.2. The van der Waals surface area contributed by atoms with Gasteiger partial charge in [0.25, 0.3) is 0 Å². The first-order valence-electron chi connectivity index (χ1n) is 10.3. The van der Waals surface area contributed by atoms with Crippen molar-refractivity contribution in [3.8, 4) is 0 Å². The second-order valence-electron chi connectivity index (χ2n) is 7.96. The van der Waals surface area contributed by atoms with Crippen molar-refractivity contribution in [1.29, 1.82) is 0 Å². The highest BCUT2D eigenvalue weighted by Crippen LogP contribution is 2.23. The monoisotopic (exact) mass is 471 g/mol. The number of imidazole rings is 1. The highest BCUT2D eigenvalue weighted by Gasteiger charge is 2.26. The minimum Gasteiger partial charge on any atom is -0.480 e. The Hall–Kier alpha value is -2.03. The number of aryl methyl sites for hydroxylation is 1. The first-order valence-corrected chi connectivity index (χ1v) is 11.4. The summed E-state index contributed by atoms with van der Waals surface area (Å²) < 4.78 is 1.84. The van der Waals surface area contributed by atoms with Gasteiger partial charge >= 0.3 is 5.97 Å². The van der Waals surface area contributed by atoms with Gasteiger partial charge in [-0.3, -0.25) is 4.79 Å². The van der Waals surface area contributed by atoms with Gasteiger partial charge in [0.15, 0.2) is 0 Å². The van der Waals surface area contributed by atoms with Gasteiger partial charge in [-0.2, -0.15) is 0 Å². The Balaban J connectivity index is 2.24. The van der Waals surface area contributed by atoms with Gasteiger partial charge in [-0.15, -0.1) is 23.2 Å². The van der Waals surface area contributed by atoms with Crippen LogP contribution in [0.3, 0.4) is 0 Å². The lowest BCUT2D eigenvalue weighted by Crippen LogP contribution is -2.49. The molecule has 172 valence electrons. The lowest BCUT2D eigenvalue weighted by atomic mass is 10.0. The molecule has 0 spiro atoms. The summed E-state index contributed by atoms with van der Waals surface area (Å²) in [5.41, 5.74) is 8.44. The van der Waals surface area contributed by atoms with Crippen LogP contribution in [-0.4, -0.2) is 63.5 Å². The van der Waals surface area contributed by atoms with E-state index in [9.17, 15) is 14.7 Å². The molecule has 4 N–H and O–H groups in total. The summed E-state index contributed by atoms with van der Waals surface area (Å²) in [5, 5.41) is 12.2. The van der Waals surface area contributed by atoms with Crippen LogP contribution in [0.5, 0.6) is 0 Å². The highest BCUT2D eigenvalue weighted by molar-refractivity contribution is 6.18. The average molecular weight is 472 g/mol. The molecular weight excluding hydrogens is 441 g/mol. The molecule has 0 aliphatic heterocycles. The number of anilines is 1. The quantitative estimate of drug-likeness (QED) is 0.409. The van der Waals surface area contributed by atoms with Gasteiger partial charge < -0.3 is 25.6 Å². The molecule has 0 radical (unpaired) electrons. The molecule has 2 rings (SSSR count). The average Bonchev–Trinajstić information content (AvgIpc) is 3.01. The molecule has 0 aliphatic rings. The third-order valence-electron chi connectivity index (χ3n) is 5.09. The minimum atomic E-state index is -1.13. The molecule has 1 heterocycles. The van der Waals surface area contributed by atoms with Crippen LogP contribution < -0.4 is 16.0 Å². The Morgan fingerprint density at radius 3 is 2.45 bits per heavy atom. The van der Waals surface area contributed by atoms with E-state index < -0.39 is 24.0 Å². The number of nitrogens with zero attached hydrogens (tertiary/aromatic N) is 3. The van der Waals surface area contributed by atoms with Gasteiger partial charge in [0.05, 0.1) is 17.1 Å². The number of halogens is 2. The molecule has 0 aliphatic carbocycles. The van der Waals surface area contributed by atoms with E-state index in [-0.39, 0.29) is 12.3 Å². The summed E-state index contributed by atoms with van der Waals surface area (Å²) in [6.45, 7) is 5.22. The molecule has 10 heteroatoms. The summed E-state index contributed by atoms with van der Waals surface area (Å²) in [4.78, 5) is 30.8. The van der Waals surface area contributed by atoms with Crippen LogP contribution in [0.4, 0.5) is 5.69 Å². The van der Waals surface area contributed by atoms with E-state index in [1.807, 2.05) is 43.7 Å². The number of fused-ring (bicyclic) bond motifs is 1. The zero-order valence-electron chi connectivity index (χ0n) is 18.1. The maximum atomic E-state index is 12.3. The summed E-state index contributed by atoms with van der Waals surface area (Å²) >= 11 is 11.8. The number of alkyl halides is 2. The number of nitrogens with one attached hydrogen (secondary N) is 1. The van der Waals surface area contributed by atoms with Gasteiger partial charge in [0.2, 0.25) is 5.91 Å². The predicted octanol–water partition coefficient (Wildman–Crippen LogP) is 2.34. The predicted molar refractivity (Wildman–Crippen MR) is 125 cm³/mol. The highest BCUT2D eigenvalue weighted by atomic mass is 35.5. The fourth-order valence-electron chi connectivity index (χ4n) is 3.47. The number of hydrogen-bond acceptors (Lipinski definition) is 5. The fourth-order valence-corrected chi connectivity index (χ4v) is 3.88. The Bertz CT molecular complexity index is 897. The van der Waals surface area contributed by atoms with Crippen LogP contribution in [0.2, 0.25) is 0 Å².